The molecular formula is C27H38N2O5. The number of carboxylic acid groups (broad SMARTS) is 1. The molecule has 0 spiro atoms. The summed E-state index contributed by atoms with van der Waals surface area (Å²) in [6.45, 7) is 6.86. The van der Waals surface area contributed by atoms with E-state index in [4.69, 9.17) is 4.74 Å². The second-order valence-electron chi connectivity index (χ2n) is 9.91. The Morgan fingerprint density at radius 2 is 1.94 bits per heavy atom. The lowest BCUT2D eigenvalue weighted by molar-refractivity contribution is -0.148. The summed E-state index contributed by atoms with van der Waals surface area (Å²) in [7, 11) is 0. The van der Waals surface area contributed by atoms with Crippen LogP contribution >= 0.6 is 0 Å². The number of nitrogens with zero attached hydrogens (tertiary/aromatic N) is 1. The molecule has 3 rings (SSSR count). The Morgan fingerprint density at radius 1 is 1.21 bits per heavy atom. The largest absolute Gasteiger partial charge is 0.481 e. The monoisotopic (exact) mass is 470 g/mol. The molecule has 2 amide bonds. The molecule has 2 aliphatic rings. The van der Waals surface area contributed by atoms with Crippen LogP contribution in [0.4, 0.5) is 0 Å². The molecule has 1 aromatic rings. The van der Waals surface area contributed by atoms with Gasteiger partial charge in [0.1, 0.15) is 6.04 Å². The van der Waals surface area contributed by atoms with Gasteiger partial charge in [0.2, 0.25) is 11.8 Å². The van der Waals surface area contributed by atoms with Gasteiger partial charge in [-0.15, -0.1) is 0 Å². The molecule has 5 unspecified atom stereocenters. The van der Waals surface area contributed by atoms with E-state index in [9.17, 15) is 19.5 Å². The molecule has 2 N–H and O–H groups in total. The van der Waals surface area contributed by atoms with Gasteiger partial charge in [-0.05, 0) is 37.2 Å². The van der Waals surface area contributed by atoms with Crippen molar-refractivity contribution in [3.05, 3.63) is 48.0 Å². The van der Waals surface area contributed by atoms with Gasteiger partial charge in [0.05, 0.1) is 30.6 Å². The van der Waals surface area contributed by atoms with E-state index in [1.165, 1.54) is 0 Å². The van der Waals surface area contributed by atoms with Gasteiger partial charge in [0.25, 0.3) is 0 Å². The van der Waals surface area contributed by atoms with Crippen molar-refractivity contribution in [2.45, 2.75) is 77.7 Å². The number of benzene rings is 1. The highest BCUT2D eigenvalue weighted by molar-refractivity contribution is 5.91. The van der Waals surface area contributed by atoms with Crippen molar-refractivity contribution in [2.75, 3.05) is 6.54 Å². The molecule has 34 heavy (non-hydrogen) atoms. The van der Waals surface area contributed by atoms with E-state index < -0.39 is 23.8 Å². The summed E-state index contributed by atoms with van der Waals surface area (Å²) in [5.74, 6) is -2.65. The number of hydrogen-bond acceptors (Lipinski definition) is 4. The Bertz CT molecular complexity index is 869. The van der Waals surface area contributed by atoms with Crippen LogP contribution in [0.25, 0.3) is 0 Å². The highest BCUT2D eigenvalue weighted by atomic mass is 16.5. The van der Waals surface area contributed by atoms with Crippen LogP contribution in [0.3, 0.4) is 0 Å². The molecule has 0 bridgehead atoms. The zero-order valence-electron chi connectivity index (χ0n) is 20.5. The number of hydrogen-bond donors (Lipinski definition) is 2. The van der Waals surface area contributed by atoms with Crippen molar-refractivity contribution in [3.8, 4) is 0 Å². The molecule has 5 atom stereocenters. The summed E-state index contributed by atoms with van der Waals surface area (Å²) < 4.78 is 6.07. The molecule has 2 heterocycles. The third-order valence-electron chi connectivity index (χ3n) is 6.73. The van der Waals surface area contributed by atoms with Crippen LogP contribution in [0, 0.1) is 17.8 Å². The van der Waals surface area contributed by atoms with E-state index in [1.807, 2.05) is 63.3 Å². The summed E-state index contributed by atoms with van der Waals surface area (Å²) in [5.41, 5.74) is 1.09. The molecular weight excluding hydrogens is 432 g/mol. The maximum atomic E-state index is 13.4. The molecule has 2 aliphatic heterocycles. The number of rotatable bonds is 11. The molecule has 1 saturated heterocycles. The molecule has 7 nitrogen and oxygen atoms in total. The number of carbonyl (C=O) groups is 3. The van der Waals surface area contributed by atoms with E-state index in [2.05, 4.69) is 5.32 Å². The second-order valence-corrected chi connectivity index (χ2v) is 9.91. The fraction of sp³-hybridized carbons (Fsp3) is 0.593. The van der Waals surface area contributed by atoms with Gasteiger partial charge in [-0.3, -0.25) is 14.4 Å². The molecule has 1 aromatic carbocycles. The standard InChI is InChI=1S/C27H38N2O5/c1-4-9-22(27(32)33)23(14-18(2)3)25(30)28-24-13-8-12-20-15-21(16-29(20)26(24)31)34-17-19-10-6-5-7-11-19/h5-8,10-12,18,20-24H,4,9,13-17H2,1-3H3,(H,28,30)(H,32,33). The van der Waals surface area contributed by atoms with Crippen molar-refractivity contribution < 1.29 is 24.2 Å². The van der Waals surface area contributed by atoms with E-state index in [0.29, 0.717) is 38.8 Å². The minimum atomic E-state index is -0.951. The minimum Gasteiger partial charge on any atom is -0.481 e. The van der Waals surface area contributed by atoms with Gasteiger partial charge < -0.3 is 20.1 Å². The first-order valence-corrected chi connectivity index (χ1v) is 12.5. The smallest absolute Gasteiger partial charge is 0.307 e. The summed E-state index contributed by atoms with van der Waals surface area (Å²) in [4.78, 5) is 40.3. The fourth-order valence-corrected chi connectivity index (χ4v) is 5.01. The van der Waals surface area contributed by atoms with Crippen molar-refractivity contribution in [1.82, 2.24) is 10.2 Å². The SMILES string of the molecule is CCCC(C(=O)O)C(CC(C)C)C(=O)NC1CC=CC2CC(OCc3ccccc3)CN2C1=O. The number of aliphatic carboxylic acids is 1. The molecule has 7 heteroatoms. The Kier molecular flexibility index (Phi) is 9.28. The molecule has 1 fully saturated rings. The van der Waals surface area contributed by atoms with Crippen LogP contribution in [0.15, 0.2) is 42.5 Å². The quantitative estimate of drug-likeness (QED) is 0.480. The number of nitrogens with one attached hydrogen (secondary N) is 1. The lowest BCUT2D eigenvalue weighted by Gasteiger charge is -2.29. The maximum Gasteiger partial charge on any atom is 0.307 e. The summed E-state index contributed by atoms with van der Waals surface area (Å²) in [6.07, 6.45) is 6.64. The zero-order chi connectivity index (χ0) is 24.7. The van der Waals surface area contributed by atoms with E-state index in [-0.39, 0.29) is 29.9 Å². The number of carboxylic acids is 1. The zero-order valence-corrected chi connectivity index (χ0v) is 20.5. The van der Waals surface area contributed by atoms with Crippen LogP contribution in [0.1, 0.15) is 58.4 Å². The van der Waals surface area contributed by atoms with Crippen molar-refractivity contribution >= 4 is 17.8 Å². The topological polar surface area (TPSA) is 95.9 Å². The molecule has 186 valence electrons. The normalized spacial score (nSPS) is 23.9. The third-order valence-corrected chi connectivity index (χ3v) is 6.73. The highest BCUT2D eigenvalue weighted by Gasteiger charge is 2.41. The summed E-state index contributed by atoms with van der Waals surface area (Å²) in [5, 5.41) is 12.7. The predicted molar refractivity (Wildman–Crippen MR) is 130 cm³/mol. The van der Waals surface area contributed by atoms with E-state index in [0.717, 1.165) is 12.0 Å². The molecule has 0 radical (unpaired) electrons. The number of carbonyl (C=O) groups excluding carboxylic acids is 2. The lowest BCUT2D eigenvalue weighted by atomic mass is 9.82. The number of ether oxygens (including phenoxy) is 1. The molecule has 0 saturated carbocycles. The Balaban J connectivity index is 1.65. The summed E-state index contributed by atoms with van der Waals surface area (Å²) in [6, 6.07) is 9.21. The number of fused-ring (bicyclic) bond motifs is 1. The molecule has 0 aliphatic carbocycles. The Morgan fingerprint density at radius 3 is 2.59 bits per heavy atom. The van der Waals surface area contributed by atoms with Crippen LogP contribution < -0.4 is 5.32 Å². The van der Waals surface area contributed by atoms with Gasteiger partial charge in [0.15, 0.2) is 0 Å². The second kappa shape index (κ2) is 12.2. The van der Waals surface area contributed by atoms with Crippen molar-refractivity contribution in [1.29, 1.82) is 0 Å². The first-order valence-electron chi connectivity index (χ1n) is 12.5. The van der Waals surface area contributed by atoms with Crippen molar-refractivity contribution in [2.24, 2.45) is 17.8 Å². The van der Waals surface area contributed by atoms with Crippen molar-refractivity contribution in [3.63, 3.8) is 0 Å². The Labute approximate surface area is 202 Å². The molecule has 0 aromatic heterocycles. The van der Waals surface area contributed by atoms with Gasteiger partial charge >= 0.3 is 5.97 Å². The third kappa shape index (κ3) is 6.69. The fourth-order valence-electron chi connectivity index (χ4n) is 5.01. The highest BCUT2D eigenvalue weighted by Crippen LogP contribution is 2.28. The van der Waals surface area contributed by atoms with E-state index >= 15 is 0 Å². The van der Waals surface area contributed by atoms with E-state index in [1.54, 1.807) is 4.90 Å². The predicted octanol–water partition coefficient (Wildman–Crippen LogP) is 3.78. The number of amides is 2. The first-order chi connectivity index (χ1) is 16.3. The van der Waals surface area contributed by atoms with Crippen LogP contribution in [0.5, 0.6) is 0 Å². The van der Waals surface area contributed by atoms with Gasteiger partial charge in [-0.2, -0.15) is 0 Å². The van der Waals surface area contributed by atoms with Crippen LogP contribution in [0.2, 0.25) is 0 Å². The van der Waals surface area contributed by atoms with Crippen LogP contribution in [-0.4, -0.2) is 52.5 Å². The lowest BCUT2D eigenvalue weighted by Crippen LogP contribution is -2.51. The first kappa shape index (κ1) is 25.9. The maximum absolute atomic E-state index is 13.4. The van der Waals surface area contributed by atoms with Gasteiger partial charge in [-0.1, -0.05) is 69.7 Å². The van der Waals surface area contributed by atoms with Gasteiger partial charge in [-0.25, -0.2) is 0 Å². The minimum absolute atomic E-state index is 0.0477. The van der Waals surface area contributed by atoms with Gasteiger partial charge in [0, 0.05) is 6.54 Å². The average Bonchev–Trinajstić information content (AvgIpc) is 3.16. The summed E-state index contributed by atoms with van der Waals surface area (Å²) >= 11 is 0. The van der Waals surface area contributed by atoms with Crippen LogP contribution in [-0.2, 0) is 25.7 Å². The Hall–Kier alpha value is -2.67. The average molecular weight is 471 g/mol.